The van der Waals surface area contributed by atoms with E-state index in [0.717, 1.165) is 17.2 Å². The first-order chi connectivity index (χ1) is 7.57. The summed E-state index contributed by atoms with van der Waals surface area (Å²) in [7, 11) is 0. The Kier molecular flexibility index (Phi) is 5.02. The van der Waals surface area contributed by atoms with E-state index in [1.54, 1.807) is 10.6 Å². The summed E-state index contributed by atoms with van der Waals surface area (Å²) in [5, 5.41) is 0. The summed E-state index contributed by atoms with van der Waals surface area (Å²) in [6, 6.07) is 3.58. The van der Waals surface area contributed by atoms with E-state index >= 15 is 0 Å². The molecule has 16 heavy (non-hydrogen) atoms. The highest BCUT2D eigenvalue weighted by Crippen LogP contribution is 2.03. The van der Waals surface area contributed by atoms with Gasteiger partial charge < -0.3 is 10.3 Å². The molecule has 1 rings (SSSR count). The van der Waals surface area contributed by atoms with Gasteiger partial charge in [-0.3, -0.25) is 4.79 Å². The number of nitrogens with two attached hydrogens (primary N) is 1. The molecule has 0 aliphatic rings. The van der Waals surface area contributed by atoms with Gasteiger partial charge in [0.25, 0.3) is 5.56 Å². The van der Waals surface area contributed by atoms with Crippen LogP contribution in [-0.2, 0) is 6.54 Å². The molecule has 0 saturated carbocycles. The summed E-state index contributed by atoms with van der Waals surface area (Å²) in [5.41, 5.74) is 6.80. The van der Waals surface area contributed by atoms with Gasteiger partial charge in [0.2, 0.25) is 0 Å². The molecule has 5 heteroatoms. The largest absolute Gasteiger partial charge is 0.389 e. The summed E-state index contributed by atoms with van der Waals surface area (Å²) in [5.74, 6) is 1.99. The summed E-state index contributed by atoms with van der Waals surface area (Å²) >= 11 is 6.66. The molecule has 0 aliphatic heterocycles. The van der Waals surface area contributed by atoms with Crippen molar-refractivity contribution in [3.05, 3.63) is 33.7 Å². The quantitative estimate of drug-likeness (QED) is 0.641. The van der Waals surface area contributed by atoms with Crippen LogP contribution < -0.4 is 11.3 Å². The van der Waals surface area contributed by atoms with Crippen molar-refractivity contribution < 1.29 is 0 Å². The van der Waals surface area contributed by atoms with Crippen molar-refractivity contribution in [3.8, 4) is 0 Å². The molecule has 0 fully saturated rings. The van der Waals surface area contributed by atoms with Gasteiger partial charge in [-0.1, -0.05) is 19.1 Å². The van der Waals surface area contributed by atoms with Gasteiger partial charge in [-0.15, -0.1) is 0 Å². The van der Waals surface area contributed by atoms with Crippen molar-refractivity contribution in [1.29, 1.82) is 0 Å². The molecule has 0 bridgehead atoms. The van der Waals surface area contributed by atoms with Crippen LogP contribution in [0.5, 0.6) is 0 Å². The van der Waals surface area contributed by atoms with Crippen LogP contribution in [0.15, 0.2) is 16.9 Å². The van der Waals surface area contributed by atoms with Gasteiger partial charge in [-0.25, -0.2) is 0 Å². The average molecular weight is 256 g/mol. The number of hydrogen-bond acceptors (Lipinski definition) is 3. The first-order valence-corrected chi connectivity index (χ1v) is 6.72. The standard InChI is InChI=1S/C11H16N2OS2/c1-3-16-7-6-13-8(2)4-5-9(10(12)15)11(13)14/h4-5H,3,6-7H2,1-2H3,(H2,12,15). The number of hydrogen-bond donors (Lipinski definition) is 1. The first-order valence-electron chi connectivity index (χ1n) is 5.16. The average Bonchev–Trinajstić information content (AvgIpc) is 2.22. The van der Waals surface area contributed by atoms with Crippen LogP contribution >= 0.6 is 24.0 Å². The van der Waals surface area contributed by atoms with Gasteiger partial charge in [0.15, 0.2) is 0 Å². The van der Waals surface area contributed by atoms with Gasteiger partial charge in [0.05, 0.1) is 5.56 Å². The van der Waals surface area contributed by atoms with Crippen LogP contribution in [0.3, 0.4) is 0 Å². The van der Waals surface area contributed by atoms with E-state index in [2.05, 4.69) is 6.92 Å². The lowest BCUT2D eigenvalue weighted by atomic mass is 10.2. The highest BCUT2D eigenvalue weighted by Gasteiger charge is 2.07. The monoisotopic (exact) mass is 256 g/mol. The number of thiocarbonyl (C=S) groups is 1. The number of aryl methyl sites for hydroxylation is 1. The predicted octanol–water partition coefficient (Wildman–Crippen LogP) is 1.54. The minimum absolute atomic E-state index is 0.0794. The van der Waals surface area contributed by atoms with Crippen LogP contribution in [0, 0.1) is 6.92 Å². The number of thioether (sulfide) groups is 1. The van der Waals surface area contributed by atoms with E-state index in [1.165, 1.54) is 0 Å². The normalized spacial score (nSPS) is 10.4. The molecule has 0 amide bonds. The van der Waals surface area contributed by atoms with Gasteiger partial charge in [0, 0.05) is 18.0 Å². The van der Waals surface area contributed by atoms with Crippen molar-refractivity contribution in [2.24, 2.45) is 5.73 Å². The van der Waals surface area contributed by atoms with Gasteiger partial charge in [-0.2, -0.15) is 11.8 Å². The second-order valence-electron chi connectivity index (χ2n) is 3.41. The number of aromatic nitrogens is 1. The molecule has 1 heterocycles. The second-order valence-corrected chi connectivity index (χ2v) is 5.24. The van der Waals surface area contributed by atoms with Crippen molar-refractivity contribution >= 4 is 29.0 Å². The van der Waals surface area contributed by atoms with E-state index < -0.39 is 0 Å². The highest BCUT2D eigenvalue weighted by atomic mass is 32.2. The van der Waals surface area contributed by atoms with Crippen LogP contribution in [-0.4, -0.2) is 21.1 Å². The highest BCUT2D eigenvalue weighted by molar-refractivity contribution is 7.99. The number of rotatable bonds is 5. The summed E-state index contributed by atoms with van der Waals surface area (Å²) in [4.78, 5) is 12.2. The maximum absolute atomic E-state index is 12.0. The lowest BCUT2D eigenvalue weighted by Crippen LogP contribution is -2.30. The Morgan fingerprint density at radius 3 is 2.81 bits per heavy atom. The summed E-state index contributed by atoms with van der Waals surface area (Å²) < 4.78 is 1.73. The molecule has 0 atom stereocenters. The molecule has 0 spiro atoms. The smallest absolute Gasteiger partial charge is 0.261 e. The van der Waals surface area contributed by atoms with E-state index in [-0.39, 0.29) is 10.5 Å². The lowest BCUT2D eigenvalue weighted by Gasteiger charge is -2.10. The van der Waals surface area contributed by atoms with Gasteiger partial charge >= 0.3 is 0 Å². The Morgan fingerprint density at radius 1 is 1.56 bits per heavy atom. The van der Waals surface area contributed by atoms with Crippen molar-refractivity contribution in [3.63, 3.8) is 0 Å². The lowest BCUT2D eigenvalue weighted by molar-refractivity contribution is 0.706. The zero-order chi connectivity index (χ0) is 12.1. The molecule has 0 saturated heterocycles. The molecule has 0 unspecified atom stereocenters. The molecular formula is C11H16N2OS2. The zero-order valence-corrected chi connectivity index (χ0v) is 11.2. The van der Waals surface area contributed by atoms with Crippen molar-refractivity contribution in [2.75, 3.05) is 11.5 Å². The fourth-order valence-electron chi connectivity index (χ4n) is 1.44. The molecular weight excluding hydrogens is 240 g/mol. The fourth-order valence-corrected chi connectivity index (χ4v) is 2.19. The summed E-state index contributed by atoms with van der Waals surface area (Å²) in [6.07, 6.45) is 0. The molecule has 88 valence electrons. The van der Waals surface area contributed by atoms with E-state index in [4.69, 9.17) is 18.0 Å². The molecule has 1 aromatic rings. The molecule has 1 aromatic heterocycles. The third-order valence-electron chi connectivity index (χ3n) is 2.32. The Labute approximate surface area is 105 Å². The number of nitrogens with zero attached hydrogens (tertiary/aromatic N) is 1. The Hall–Kier alpha value is -0.810. The molecule has 0 aromatic carbocycles. The predicted molar refractivity (Wildman–Crippen MR) is 74.3 cm³/mol. The van der Waals surface area contributed by atoms with E-state index in [1.807, 2.05) is 24.8 Å². The van der Waals surface area contributed by atoms with E-state index in [0.29, 0.717) is 12.1 Å². The number of pyridine rings is 1. The van der Waals surface area contributed by atoms with Gasteiger partial charge in [0.1, 0.15) is 4.99 Å². The Morgan fingerprint density at radius 2 is 2.25 bits per heavy atom. The third-order valence-corrected chi connectivity index (χ3v) is 3.42. The third kappa shape index (κ3) is 3.09. The molecule has 3 nitrogen and oxygen atoms in total. The van der Waals surface area contributed by atoms with Crippen LogP contribution in [0.25, 0.3) is 0 Å². The van der Waals surface area contributed by atoms with Crippen LogP contribution in [0.1, 0.15) is 18.2 Å². The topological polar surface area (TPSA) is 48.0 Å². The van der Waals surface area contributed by atoms with Crippen molar-refractivity contribution in [2.45, 2.75) is 20.4 Å². The maximum Gasteiger partial charge on any atom is 0.261 e. The molecule has 0 radical (unpaired) electrons. The second kappa shape index (κ2) is 6.06. The minimum atomic E-state index is -0.0794. The van der Waals surface area contributed by atoms with E-state index in [9.17, 15) is 4.79 Å². The zero-order valence-electron chi connectivity index (χ0n) is 9.53. The Bertz CT molecular complexity index is 440. The van der Waals surface area contributed by atoms with Crippen LogP contribution in [0.4, 0.5) is 0 Å². The molecule has 0 aliphatic carbocycles. The van der Waals surface area contributed by atoms with Gasteiger partial charge in [-0.05, 0) is 24.8 Å². The summed E-state index contributed by atoms with van der Waals surface area (Å²) in [6.45, 7) is 4.73. The fraction of sp³-hybridized carbons (Fsp3) is 0.455. The first kappa shape index (κ1) is 13.3. The SMILES string of the molecule is CCSCCn1c(C)ccc(C(N)=S)c1=O. The maximum atomic E-state index is 12.0. The van der Waals surface area contributed by atoms with Crippen molar-refractivity contribution in [1.82, 2.24) is 4.57 Å². The van der Waals surface area contributed by atoms with Crippen LogP contribution in [0.2, 0.25) is 0 Å². The minimum Gasteiger partial charge on any atom is -0.389 e. The Balaban J connectivity index is 3.02. The molecule has 2 N–H and O–H groups in total.